The fraction of sp³-hybridized carbons (Fsp3) is 0.278. The quantitative estimate of drug-likeness (QED) is 0.834. The number of hydrogen-bond acceptors (Lipinski definition) is 5. The minimum Gasteiger partial charge on any atom is -0.269 e. The van der Waals surface area contributed by atoms with Gasteiger partial charge in [-0.15, -0.1) is 0 Å². The highest BCUT2D eigenvalue weighted by atomic mass is 32.2. The molecular weight excluding hydrogens is 386 g/mol. The maximum absolute atomic E-state index is 12.8. The second kappa shape index (κ2) is 7.41. The lowest BCUT2D eigenvalue weighted by Gasteiger charge is -2.26. The zero-order valence-electron chi connectivity index (χ0n) is 15.1. The van der Waals surface area contributed by atoms with E-state index in [9.17, 15) is 16.8 Å². The van der Waals surface area contributed by atoms with Crippen LogP contribution in [0, 0.1) is 13.8 Å². The summed E-state index contributed by atoms with van der Waals surface area (Å²) in [6.45, 7) is 4.01. The highest BCUT2D eigenvalue weighted by Crippen LogP contribution is 2.18. The third-order valence-electron chi connectivity index (χ3n) is 4.22. The summed E-state index contributed by atoms with van der Waals surface area (Å²) >= 11 is 0. The molecule has 0 spiro atoms. The predicted molar refractivity (Wildman–Crippen MR) is 104 cm³/mol. The molecule has 0 bridgehead atoms. The van der Waals surface area contributed by atoms with Crippen molar-refractivity contribution in [3.05, 3.63) is 59.7 Å². The van der Waals surface area contributed by atoms with Crippen LogP contribution in [0.15, 0.2) is 63.3 Å². The van der Waals surface area contributed by atoms with Crippen molar-refractivity contribution in [3.8, 4) is 0 Å². The van der Waals surface area contributed by atoms with Crippen LogP contribution in [0.4, 0.5) is 0 Å². The topological polar surface area (TPSA) is 95.9 Å². The number of aryl methyl sites for hydroxylation is 2. The van der Waals surface area contributed by atoms with E-state index in [1.54, 1.807) is 36.4 Å². The molecule has 0 amide bonds. The molecule has 9 heteroatoms. The van der Waals surface area contributed by atoms with Gasteiger partial charge in [-0.2, -0.15) is 4.31 Å². The van der Waals surface area contributed by atoms with Crippen molar-refractivity contribution in [1.82, 2.24) is 9.03 Å². The third-order valence-corrected chi connectivity index (χ3v) is 7.48. The zero-order valence-corrected chi connectivity index (χ0v) is 16.7. The molecule has 0 fully saturated rings. The molecule has 2 aromatic rings. The molecule has 2 aromatic carbocycles. The normalized spacial score (nSPS) is 16.0. The van der Waals surface area contributed by atoms with Gasteiger partial charge in [-0.3, -0.25) is 9.71 Å². The molecule has 0 aromatic heterocycles. The van der Waals surface area contributed by atoms with Crippen LogP contribution in [0.25, 0.3) is 0 Å². The second-order valence-corrected chi connectivity index (χ2v) is 10.0. The molecule has 0 atom stereocenters. The number of sulfonamides is 2. The van der Waals surface area contributed by atoms with Gasteiger partial charge in [0.1, 0.15) is 5.84 Å². The standard InChI is InChI=1S/C18H21N3O4S2/c1-14-3-7-16(8-4-14)26(22,23)20-18-13-21(12-11-19-18)27(24,25)17-9-5-15(2)6-10-17/h3-10H,11-13H2,1-2H3,(H,19,20). The Hall–Kier alpha value is -2.23. The molecule has 7 nitrogen and oxygen atoms in total. The largest absolute Gasteiger partial charge is 0.269 e. The van der Waals surface area contributed by atoms with E-state index in [4.69, 9.17) is 0 Å². The summed E-state index contributed by atoms with van der Waals surface area (Å²) < 4.78 is 54.3. The Balaban J connectivity index is 1.78. The van der Waals surface area contributed by atoms with Gasteiger partial charge in [0.15, 0.2) is 0 Å². The molecule has 3 rings (SSSR count). The van der Waals surface area contributed by atoms with Crippen molar-refractivity contribution in [2.24, 2.45) is 4.99 Å². The fourth-order valence-electron chi connectivity index (χ4n) is 2.65. The Morgan fingerprint density at radius 2 is 1.37 bits per heavy atom. The summed E-state index contributed by atoms with van der Waals surface area (Å²) in [5.74, 6) is 0.109. The fourth-order valence-corrected chi connectivity index (χ4v) is 5.10. The minimum atomic E-state index is -3.82. The van der Waals surface area contributed by atoms with E-state index in [0.29, 0.717) is 0 Å². The number of aliphatic imine (C=N–C) groups is 1. The number of rotatable bonds is 4. The highest BCUT2D eigenvalue weighted by Gasteiger charge is 2.29. The van der Waals surface area contributed by atoms with E-state index in [-0.39, 0.29) is 35.3 Å². The first-order valence-corrected chi connectivity index (χ1v) is 11.3. The van der Waals surface area contributed by atoms with Crippen molar-refractivity contribution in [2.75, 3.05) is 19.6 Å². The van der Waals surface area contributed by atoms with Gasteiger partial charge in [0, 0.05) is 6.54 Å². The van der Waals surface area contributed by atoms with Gasteiger partial charge in [-0.1, -0.05) is 35.4 Å². The van der Waals surface area contributed by atoms with E-state index in [1.807, 2.05) is 13.8 Å². The van der Waals surface area contributed by atoms with E-state index in [2.05, 4.69) is 9.71 Å². The van der Waals surface area contributed by atoms with Crippen LogP contribution in [0.3, 0.4) is 0 Å². The van der Waals surface area contributed by atoms with Gasteiger partial charge in [0.05, 0.1) is 22.9 Å². The van der Waals surface area contributed by atoms with E-state index in [1.165, 1.54) is 16.4 Å². The van der Waals surface area contributed by atoms with Crippen LogP contribution in [0.1, 0.15) is 11.1 Å². The first kappa shape index (κ1) is 19.5. The van der Waals surface area contributed by atoms with E-state index < -0.39 is 20.0 Å². The number of hydrogen-bond donors (Lipinski definition) is 1. The van der Waals surface area contributed by atoms with E-state index in [0.717, 1.165) is 11.1 Å². The van der Waals surface area contributed by atoms with Crippen LogP contribution >= 0.6 is 0 Å². The average molecular weight is 408 g/mol. The van der Waals surface area contributed by atoms with Gasteiger partial charge in [0.2, 0.25) is 10.0 Å². The van der Waals surface area contributed by atoms with Gasteiger partial charge in [-0.25, -0.2) is 16.8 Å². The lowest BCUT2D eigenvalue weighted by atomic mass is 10.2. The number of benzene rings is 2. The third kappa shape index (κ3) is 4.37. The maximum Gasteiger partial charge on any atom is 0.262 e. The summed E-state index contributed by atoms with van der Waals surface area (Å²) in [6.07, 6.45) is 0. The van der Waals surface area contributed by atoms with E-state index >= 15 is 0 Å². The van der Waals surface area contributed by atoms with Gasteiger partial charge in [0.25, 0.3) is 10.0 Å². The monoisotopic (exact) mass is 407 g/mol. The SMILES string of the molecule is Cc1ccc(S(=O)(=O)NC2=NCCN(S(=O)(=O)c3ccc(C)cc3)C2)cc1. The van der Waals surface area contributed by atoms with Crippen LogP contribution in [0.2, 0.25) is 0 Å². The Morgan fingerprint density at radius 3 is 1.93 bits per heavy atom. The van der Waals surface area contributed by atoms with Crippen LogP contribution in [-0.4, -0.2) is 46.6 Å². The Bertz CT molecular complexity index is 1060. The molecule has 0 saturated heterocycles. The van der Waals surface area contributed by atoms with Crippen LogP contribution in [0.5, 0.6) is 0 Å². The number of nitrogens with one attached hydrogen (secondary N) is 1. The molecule has 1 aliphatic heterocycles. The van der Waals surface area contributed by atoms with Crippen LogP contribution < -0.4 is 4.72 Å². The van der Waals surface area contributed by atoms with Gasteiger partial charge < -0.3 is 0 Å². The maximum atomic E-state index is 12.8. The summed E-state index contributed by atoms with van der Waals surface area (Å²) in [6, 6.07) is 13.0. The van der Waals surface area contributed by atoms with Crippen LogP contribution in [-0.2, 0) is 20.0 Å². The van der Waals surface area contributed by atoms with Crippen molar-refractivity contribution in [3.63, 3.8) is 0 Å². The molecular formula is C18H21N3O4S2. The Labute approximate surface area is 159 Å². The summed E-state index contributed by atoms with van der Waals surface area (Å²) in [5.41, 5.74) is 1.90. The molecule has 0 aliphatic carbocycles. The molecule has 27 heavy (non-hydrogen) atoms. The summed E-state index contributed by atoms with van der Waals surface area (Å²) in [5, 5.41) is 0. The first-order valence-electron chi connectivity index (χ1n) is 8.38. The molecule has 0 saturated carbocycles. The lowest BCUT2D eigenvalue weighted by molar-refractivity contribution is 0.444. The highest BCUT2D eigenvalue weighted by molar-refractivity contribution is 7.90. The molecule has 0 radical (unpaired) electrons. The lowest BCUT2D eigenvalue weighted by Crippen LogP contribution is -2.46. The zero-order chi connectivity index (χ0) is 19.7. The number of nitrogens with zero attached hydrogens (tertiary/aromatic N) is 2. The molecule has 144 valence electrons. The smallest absolute Gasteiger partial charge is 0.262 e. The summed E-state index contributed by atoms with van der Waals surface area (Å²) in [4.78, 5) is 4.43. The van der Waals surface area contributed by atoms with Crippen molar-refractivity contribution in [2.45, 2.75) is 23.6 Å². The Kier molecular flexibility index (Phi) is 5.36. The predicted octanol–water partition coefficient (Wildman–Crippen LogP) is 1.68. The van der Waals surface area contributed by atoms with Crippen molar-refractivity contribution >= 4 is 25.9 Å². The molecule has 1 aliphatic rings. The first-order chi connectivity index (χ1) is 12.7. The Morgan fingerprint density at radius 1 is 0.852 bits per heavy atom. The molecule has 1 heterocycles. The molecule has 0 unspecified atom stereocenters. The van der Waals surface area contributed by atoms with Gasteiger partial charge in [-0.05, 0) is 38.1 Å². The average Bonchev–Trinajstić information content (AvgIpc) is 2.62. The molecule has 1 N–H and O–H groups in total. The minimum absolute atomic E-state index is 0.106. The van der Waals surface area contributed by atoms with Crippen molar-refractivity contribution < 1.29 is 16.8 Å². The number of amidine groups is 1. The van der Waals surface area contributed by atoms with Gasteiger partial charge >= 0.3 is 0 Å². The second-order valence-electron chi connectivity index (χ2n) is 6.40. The van der Waals surface area contributed by atoms with Crippen molar-refractivity contribution in [1.29, 1.82) is 0 Å². The summed E-state index contributed by atoms with van der Waals surface area (Å²) in [7, 11) is -7.54.